The Morgan fingerprint density at radius 3 is 2.39 bits per heavy atom. The molecule has 1 aromatic rings. The highest BCUT2D eigenvalue weighted by molar-refractivity contribution is 5.96. The first kappa shape index (κ1) is 17.0. The number of carbonyl (C=O) groups is 3. The molecule has 2 rings (SSSR count). The number of carbonyl (C=O) groups excluding carboxylic acids is 3. The van der Waals surface area contributed by atoms with Crippen molar-refractivity contribution in [1.29, 1.82) is 0 Å². The third-order valence-electron chi connectivity index (χ3n) is 3.90. The van der Waals surface area contributed by atoms with Crippen molar-refractivity contribution in [1.82, 2.24) is 21.1 Å². The van der Waals surface area contributed by atoms with Crippen molar-refractivity contribution >= 4 is 17.7 Å². The monoisotopic (exact) mass is 318 g/mol. The molecule has 0 unspecified atom stereocenters. The zero-order valence-corrected chi connectivity index (χ0v) is 13.2. The molecule has 0 saturated carbocycles. The van der Waals surface area contributed by atoms with E-state index in [1.807, 2.05) is 6.07 Å². The van der Waals surface area contributed by atoms with Gasteiger partial charge in [-0.2, -0.15) is 0 Å². The van der Waals surface area contributed by atoms with Crippen LogP contribution in [0, 0.1) is 5.92 Å². The van der Waals surface area contributed by atoms with Gasteiger partial charge in [0, 0.05) is 31.6 Å². The van der Waals surface area contributed by atoms with Crippen LogP contribution in [0.25, 0.3) is 0 Å². The highest BCUT2D eigenvalue weighted by Crippen LogP contribution is 2.17. The molecule has 1 aliphatic rings. The van der Waals surface area contributed by atoms with Crippen LogP contribution in [0.5, 0.6) is 0 Å². The molecule has 0 aliphatic carbocycles. The maximum absolute atomic E-state index is 12.1. The van der Waals surface area contributed by atoms with Crippen molar-refractivity contribution < 1.29 is 14.4 Å². The third-order valence-corrected chi connectivity index (χ3v) is 3.90. The lowest BCUT2D eigenvalue weighted by molar-refractivity contribution is -0.135. The molecule has 3 N–H and O–H groups in total. The van der Waals surface area contributed by atoms with Gasteiger partial charge in [0.25, 0.3) is 5.91 Å². The molecule has 7 nitrogen and oxygen atoms in total. The van der Waals surface area contributed by atoms with Crippen molar-refractivity contribution in [3.8, 4) is 0 Å². The van der Waals surface area contributed by atoms with Gasteiger partial charge in [0.15, 0.2) is 0 Å². The van der Waals surface area contributed by atoms with Crippen LogP contribution in [-0.4, -0.2) is 49.3 Å². The molecule has 1 heterocycles. The van der Waals surface area contributed by atoms with Crippen molar-refractivity contribution in [3.63, 3.8) is 0 Å². The minimum absolute atomic E-state index is 0.0267. The molecular weight excluding hydrogens is 296 g/mol. The second-order valence-corrected chi connectivity index (χ2v) is 5.44. The summed E-state index contributed by atoms with van der Waals surface area (Å²) in [7, 11) is 1.64. The normalized spacial score (nSPS) is 15.1. The van der Waals surface area contributed by atoms with E-state index in [0.717, 1.165) is 0 Å². The van der Waals surface area contributed by atoms with Crippen molar-refractivity contribution in [2.24, 2.45) is 5.92 Å². The van der Waals surface area contributed by atoms with Crippen LogP contribution >= 0.6 is 0 Å². The van der Waals surface area contributed by atoms with E-state index in [1.54, 1.807) is 36.2 Å². The number of hydrogen-bond acceptors (Lipinski definition) is 4. The largest absolute Gasteiger partial charge is 0.343 e. The predicted octanol–water partition coefficient (Wildman–Crippen LogP) is -0.0944. The fourth-order valence-corrected chi connectivity index (χ4v) is 2.58. The van der Waals surface area contributed by atoms with E-state index < -0.39 is 0 Å². The van der Waals surface area contributed by atoms with Crippen LogP contribution in [0.15, 0.2) is 30.3 Å². The first-order chi connectivity index (χ1) is 11.1. The molecule has 1 aromatic carbocycles. The van der Waals surface area contributed by atoms with Gasteiger partial charge in [-0.1, -0.05) is 18.2 Å². The van der Waals surface area contributed by atoms with Crippen molar-refractivity contribution in [2.75, 3.05) is 26.7 Å². The lowest BCUT2D eigenvalue weighted by Gasteiger charge is -2.31. The van der Waals surface area contributed by atoms with Crippen molar-refractivity contribution in [2.45, 2.75) is 12.8 Å². The number of nitrogens with one attached hydrogen (secondary N) is 3. The Morgan fingerprint density at radius 2 is 1.78 bits per heavy atom. The van der Waals surface area contributed by atoms with E-state index in [2.05, 4.69) is 16.2 Å². The zero-order valence-electron chi connectivity index (χ0n) is 13.2. The zero-order chi connectivity index (χ0) is 16.7. The summed E-state index contributed by atoms with van der Waals surface area (Å²) < 4.78 is 0. The second-order valence-electron chi connectivity index (χ2n) is 5.44. The molecular formula is C16H22N4O3. The van der Waals surface area contributed by atoms with Crippen LogP contribution < -0.4 is 16.2 Å². The summed E-state index contributed by atoms with van der Waals surface area (Å²) in [6.07, 6.45) is 1.26. The molecule has 124 valence electrons. The van der Waals surface area contributed by atoms with E-state index in [9.17, 15) is 14.4 Å². The van der Waals surface area contributed by atoms with Crippen LogP contribution in [0.3, 0.4) is 0 Å². The molecule has 0 radical (unpaired) electrons. The Bertz CT molecular complexity index is 554. The first-order valence-corrected chi connectivity index (χ1v) is 7.69. The van der Waals surface area contributed by atoms with Gasteiger partial charge in [0.1, 0.15) is 0 Å². The summed E-state index contributed by atoms with van der Waals surface area (Å²) in [5.74, 6) is -0.508. The number of amides is 3. The van der Waals surface area contributed by atoms with Crippen LogP contribution in [0.1, 0.15) is 23.2 Å². The lowest BCUT2D eigenvalue weighted by atomic mass is 9.96. The molecule has 7 heteroatoms. The van der Waals surface area contributed by atoms with Gasteiger partial charge in [0.2, 0.25) is 11.8 Å². The number of nitrogens with zero attached hydrogens (tertiary/aromatic N) is 1. The van der Waals surface area contributed by atoms with Crippen LogP contribution in [-0.2, 0) is 9.59 Å². The summed E-state index contributed by atoms with van der Waals surface area (Å²) in [4.78, 5) is 37.4. The SMILES string of the molecule is CNNC(=O)C1CCN(C(=O)CNC(=O)c2ccccc2)CC1. The molecule has 1 saturated heterocycles. The molecule has 1 aliphatic heterocycles. The summed E-state index contributed by atoms with van der Waals surface area (Å²) in [6.45, 7) is 1.03. The topological polar surface area (TPSA) is 90.5 Å². The Labute approximate surface area is 135 Å². The molecule has 0 atom stereocenters. The van der Waals surface area contributed by atoms with Gasteiger partial charge in [0.05, 0.1) is 6.54 Å². The third kappa shape index (κ3) is 4.79. The van der Waals surface area contributed by atoms with Gasteiger partial charge in [-0.15, -0.1) is 0 Å². The second kappa shape index (κ2) is 8.28. The first-order valence-electron chi connectivity index (χ1n) is 7.69. The molecule has 0 spiro atoms. The Balaban J connectivity index is 1.75. The average molecular weight is 318 g/mol. The number of benzene rings is 1. The summed E-state index contributed by atoms with van der Waals surface area (Å²) in [5.41, 5.74) is 5.72. The van der Waals surface area contributed by atoms with Gasteiger partial charge in [-0.25, -0.2) is 5.43 Å². The number of piperidine rings is 1. The van der Waals surface area contributed by atoms with Gasteiger partial charge < -0.3 is 10.2 Å². The highest BCUT2D eigenvalue weighted by Gasteiger charge is 2.27. The van der Waals surface area contributed by atoms with Crippen LogP contribution in [0.4, 0.5) is 0 Å². The fraction of sp³-hybridized carbons (Fsp3) is 0.438. The summed E-state index contributed by atoms with van der Waals surface area (Å²) in [5, 5.41) is 2.63. The highest BCUT2D eigenvalue weighted by atomic mass is 16.2. The number of likely N-dealkylation sites (tertiary alicyclic amines) is 1. The Morgan fingerprint density at radius 1 is 1.13 bits per heavy atom. The molecule has 3 amide bonds. The van der Waals surface area contributed by atoms with E-state index in [-0.39, 0.29) is 30.2 Å². The van der Waals surface area contributed by atoms with Crippen molar-refractivity contribution in [3.05, 3.63) is 35.9 Å². The molecule has 0 bridgehead atoms. The Kier molecular flexibility index (Phi) is 6.10. The standard InChI is InChI=1S/C16H22N4O3/c1-17-19-16(23)13-7-9-20(10-8-13)14(21)11-18-15(22)12-5-3-2-4-6-12/h2-6,13,17H,7-11H2,1H3,(H,18,22)(H,19,23). The smallest absolute Gasteiger partial charge is 0.251 e. The minimum atomic E-state index is -0.262. The maximum atomic E-state index is 12.1. The Hall–Kier alpha value is -2.41. The summed E-state index contributed by atoms with van der Waals surface area (Å²) in [6, 6.07) is 8.78. The van der Waals surface area contributed by atoms with Gasteiger partial charge in [-0.05, 0) is 25.0 Å². The number of rotatable bonds is 5. The predicted molar refractivity (Wildman–Crippen MR) is 85.3 cm³/mol. The number of hydrazine groups is 1. The minimum Gasteiger partial charge on any atom is -0.343 e. The lowest BCUT2D eigenvalue weighted by Crippen LogP contribution is -2.47. The van der Waals surface area contributed by atoms with E-state index >= 15 is 0 Å². The molecule has 1 fully saturated rings. The van der Waals surface area contributed by atoms with E-state index in [0.29, 0.717) is 31.5 Å². The fourth-order valence-electron chi connectivity index (χ4n) is 2.58. The van der Waals surface area contributed by atoms with E-state index in [1.165, 1.54) is 0 Å². The van der Waals surface area contributed by atoms with Gasteiger partial charge >= 0.3 is 0 Å². The average Bonchev–Trinajstić information content (AvgIpc) is 2.60. The molecule has 0 aromatic heterocycles. The molecule has 23 heavy (non-hydrogen) atoms. The van der Waals surface area contributed by atoms with Gasteiger partial charge in [-0.3, -0.25) is 19.8 Å². The van der Waals surface area contributed by atoms with Crippen LogP contribution in [0.2, 0.25) is 0 Å². The summed E-state index contributed by atoms with van der Waals surface area (Å²) >= 11 is 0. The van der Waals surface area contributed by atoms with E-state index in [4.69, 9.17) is 0 Å². The quantitative estimate of drug-likeness (QED) is 0.662. The number of hydrogen-bond donors (Lipinski definition) is 3. The maximum Gasteiger partial charge on any atom is 0.251 e.